The van der Waals surface area contributed by atoms with E-state index in [0.717, 1.165) is 33.2 Å². The summed E-state index contributed by atoms with van der Waals surface area (Å²) in [5, 5.41) is 10.4. The quantitative estimate of drug-likeness (QED) is 0.476. The molecule has 0 saturated carbocycles. The minimum atomic E-state index is -0.0853. The van der Waals surface area contributed by atoms with Gasteiger partial charge in [0.25, 0.3) is 0 Å². The Bertz CT molecular complexity index is 1190. The van der Waals surface area contributed by atoms with Crippen molar-refractivity contribution in [2.75, 3.05) is 5.32 Å². The van der Waals surface area contributed by atoms with Crippen LogP contribution in [0.15, 0.2) is 72.1 Å². The number of thiazole rings is 1. The zero-order valence-electron chi connectivity index (χ0n) is 16.5. The number of fused-ring (bicyclic) bond motifs is 1. The zero-order chi connectivity index (χ0) is 20.9. The van der Waals surface area contributed by atoms with Crippen LogP contribution < -0.4 is 10.6 Å². The van der Waals surface area contributed by atoms with E-state index in [1.54, 1.807) is 0 Å². The lowest BCUT2D eigenvalue weighted by Crippen LogP contribution is -2.18. The van der Waals surface area contributed by atoms with E-state index in [0.29, 0.717) is 18.1 Å². The lowest BCUT2D eigenvalue weighted by Gasteiger charge is -2.06. The zero-order valence-corrected chi connectivity index (χ0v) is 17.3. The Labute approximate surface area is 178 Å². The molecular formula is C24H21N3O2S. The molecule has 0 aliphatic rings. The highest BCUT2D eigenvalue weighted by Gasteiger charge is 2.11. The minimum Gasteiger partial charge on any atom is -0.352 e. The van der Waals surface area contributed by atoms with Crippen molar-refractivity contribution in [2.45, 2.75) is 19.9 Å². The molecular weight excluding hydrogens is 394 g/mol. The summed E-state index contributed by atoms with van der Waals surface area (Å²) in [6.07, 6.45) is 0.300. The Morgan fingerprint density at radius 2 is 1.73 bits per heavy atom. The van der Waals surface area contributed by atoms with Crippen LogP contribution in [-0.2, 0) is 22.6 Å². The lowest BCUT2D eigenvalue weighted by molar-refractivity contribution is -0.119. The van der Waals surface area contributed by atoms with E-state index in [-0.39, 0.29) is 11.8 Å². The van der Waals surface area contributed by atoms with Gasteiger partial charge in [0.1, 0.15) is 0 Å². The molecule has 0 aliphatic carbocycles. The molecule has 2 N–H and O–H groups in total. The molecule has 30 heavy (non-hydrogen) atoms. The summed E-state index contributed by atoms with van der Waals surface area (Å²) in [6.45, 7) is 2.00. The third kappa shape index (κ3) is 4.72. The van der Waals surface area contributed by atoms with Gasteiger partial charge in [0.2, 0.25) is 11.8 Å². The number of benzene rings is 3. The van der Waals surface area contributed by atoms with Gasteiger partial charge < -0.3 is 10.6 Å². The maximum atomic E-state index is 12.6. The molecule has 0 bridgehead atoms. The van der Waals surface area contributed by atoms with Crippen molar-refractivity contribution in [1.29, 1.82) is 0 Å². The van der Waals surface area contributed by atoms with Gasteiger partial charge in [-0.3, -0.25) is 9.59 Å². The van der Waals surface area contributed by atoms with Crippen LogP contribution in [0.1, 0.15) is 18.1 Å². The van der Waals surface area contributed by atoms with Gasteiger partial charge in [0.05, 0.1) is 12.1 Å². The average Bonchev–Trinajstić information content (AvgIpc) is 3.21. The topological polar surface area (TPSA) is 71.1 Å². The summed E-state index contributed by atoms with van der Waals surface area (Å²) in [5.74, 6) is -0.139. The largest absolute Gasteiger partial charge is 0.352 e. The molecule has 4 rings (SSSR count). The summed E-state index contributed by atoms with van der Waals surface area (Å²) in [5.41, 5.74) is 3.80. The lowest BCUT2D eigenvalue weighted by atomic mass is 10.0. The standard InChI is InChI=1S/C24H21N3O2S/c1-16(28)25-14-17-9-11-19(12-10-17)22-15-30-24(26-22)27-23(29)13-20-7-4-6-18-5-2-3-8-21(18)20/h2-12,15H,13-14H2,1H3,(H,25,28)(H,26,27,29). The Morgan fingerprint density at radius 3 is 2.53 bits per heavy atom. The molecule has 6 heteroatoms. The number of rotatable bonds is 6. The van der Waals surface area contributed by atoms with Crippen molar-refractivity contribution in [3.63, 3.8) is 0 Å². The SMILES string of the molecule is CC(=O)NCc1ccc(-c2csc(NC(=O)Cc3cccc4ccccc34)n2)cc1. The van der Waals surface area contributed by atoms with Crippen LogP contribution in [-0.4, -0.2) is 16.8 Å². The number of aromatic nitrogens is 1. The maximum Gasteiger partial charge on any atom is 0.230 e. The van der Waals surface area contributed by atoms with Crippen molar-refractivity contribution in [2.24, 2.45) is 0 Å². The molecule has 0 unspecified atom stereocenters. The van der Waals surface area contributed by atoms with Crippen LogP contribution in [0.4, 0.5) is 5.13 Å². The first-order valence-corrected chi connectivity index (χ1v) is 10.5. The van der Waals surface area contributed by atoms with Crippen LogP contribution in [0.2, 0.25) is 0 Å². The molecule has 3 aromatic carbocycles. The highest BCUT2D eigenvalue weighted by atomic mass is 32.1. The fraction of sp³-hybridized carbons (Fsp3) is 0.125. The third-order valence-corrected chi connectivity index (χ3v) is 5.53. The third-order valence-electron chi connectivity index (χ3n) is 4.77. The van der Waals surface area contributed by atoms with E-state index in [1.807, 2.05) is 72.1 Å². The summed E-state index contributed by atoms with van der Waals surface area (Å²) in [6, 6.07) is 21.9. The van der Waals surface area contributed by atoms with Gasteiger partial charge in [0.15, 0.2) is 5.13 Å². The van der Waals surface area contributed by atoms with Gasteiger partial charge >= 0.3 is 0 Å². The van der Waals surface area contributed by atoms with E-state index in [4.69, 9.17) is 0 Å². The monoisotopic (exact) mass is 415 g/mol. The van der Waals surface area contributed by atoms with E-state index >= 15 is 0 Å². The maximum absolute atomic E-state index is 12.6. The van der Waals surface area contributed by atoms with Crippen molar-refractivity contribution in [3.05, 3.63) is 83.2 Å². The Morgan fingerprint density at radius 1 is 0.967 bits per heavy atom. The van der Waals surface area contributed by atoms with Gasteiger partial charge in [0, 0.05) is 24.4 Å². The summed E-state index contributed by atoms with van der Waals surface area (Å²) in [4.78, 5) is 28.1. The van der Waals surface area contributed by atoms with Crippen molar-refractivity contribution in [1.82, 2.24) is 10.3 Å². The number of hydrogen-bond acceptors (Lipinski definition) is 4. The first kappa shape index (κ1) is 19.8. The normalized spacial score (nSPS) is 10.7. The summed E-state index contributed by atoms with van der Waals surface area (Å²) in [7, 11) is 0. The van der Waals surface area contributed by atoms with E-state index < -0.39 is 0 Å². The Hall–Kier alpha value is -3.51. The van der Waals surface area contributed by atoms with Gasteiger partial charge in [-0.25, -0.2) is 4.98 Å². The predicted octanol–water partition coefficient (Wildman–Crippen LogP) is 4.78. The second kappa shape index (κ2) is 8.88. The second-order valence-electron chi connectivity index (χ2n) is 7.01. The Balaban J connectivity index is 1.41. The fourth-order valence-corrected chi connectivity index (χ4v) is 4.00. The molecule has 0 radical (unpaired) electrons. The van der Waals surface area contributed by atoms with Crippen molar-refractivity contribution >= 4 is 39.1 Å². The predicted molar refractivity (Wildman–Crippen MR) is 121 cm³/mol. The van der Waals surface area contributed by atoms with Gasteiger partial charge in [-0.2, -0.15) is 0 Å². The van der Waals surface area contributed by atoms with E-state index in [9.17, 15) is 9.59 Å². The molecule has 0 spiro atoms. The Kier molecular flexibility index (Phi) is 5.86. The number of carbonyl (C=O) groups is 2. The number of hydrogen-bond donors (Lipinski definition) is 2. The molecule has 5 nitrogen and oxygen atoms in total. The number of amides is 2. The fourth-order valence-electron chi connectivity index (χ4n) is 3.27. The highest BCUT2D eigenvalue weighted by molar-refractivity contribution is 7.14. The summed E-state index contributed by atoms with van der Waals surface area (Å²) >= 11 is 1.41. The second-order valence-corrected chi connectivity index (χ2v) is 7.87. The van der Waals surface area contributed by atoms with Crippen LogP contribution in [0, 0.1) is 0 Å². The van der Waals surface area contributed by atoms with Crippen LogP contribution in [0.3, 0.4) is 0 Å². The van der Waals surface area contributed by atoms with Crippen molar-refractivity contribution in [3.8, 4) is 11.3 Å². The highest BCUT2D eigenvalue weighted by Crippen LogP contribution is 2.26. The number of carbonyl (C=O) groups excluding carboxylic acids is 2. The summed E-state index contributed by atoms with van der Waals surface area (Å²) < 4.78 is 0. The smallest absolute Gasteiger partial charge is 0.230 e. The average molecular weight is 416 g/mol. The molecule has 0 aliphatic heterocycles. The minimum absolute atomic E-state index is 0.0533. The van der Waals surface area contributed by atoms with Gasteiger partial charge in [-0.15, -0.1) is 11.3 Å². The molecule has 0 saturated heterocycles. The number of nitrogens with one attached hydrogen (secondary N) is 2. The molecule has 2 amide bonds. The van der Waals surface area contributed by atoms with E-state index in [2.05, 4.69) is 15.6 Å². The van der Waals surface area contributed by atoms with Gasteiger partial charge in [-0.1, -0.05) is 66.7 Å². The molecule has 1 heterocycles. The number of anilines is 1. The van der Waals surface area contributed by atoms with Crippen LogP contribution in [0.25, 0.3) is 22.0 Å². The number of nitrogens with zero attached hydrogens (tertiary/aromatic N) is 1. The van der Waals surface area contributed by atoms with Gasteiger partial charge in [-0.05, 0) is 21.9 Å². The van der Waals surface area contributed by atoms with E-state index in [1.165, 1.54) is 18.3 Å². The van der Waals surface area contributed by atoms with Crippen LogP contribution in [0.5, 0.6) is 0 Å². The molecule has 0 fully saturated rings. The van der Waals surface area contributed by atoms with Crippen molar-refractivity contribution < 1.29 is 9.59 Å². The molecule has 150 valence electrons. The first-order valence-electron chi connectivity index (χ1n) is 9.64. The first-order chi connectivity index (χ1) is 14.6. The molecule has 4 aromatic rings. The van der Waals surface area contributed by atoms with Crippen LogP contribution >= 0.6 is 11.3 Å². The molecule has 0 atom stereocenters. The molecule has 1 aromatic heterocycles.